The molecule has 21 heavy (non-hydrogen) atoms. The van der Waals surface area contributed by atoms with Gasteiger partial charge in [0.05, 0.1) is 12.0 Å². The van der Waals surface area contributed by atoms with Gasteiger partial charge in [-0.25, -0.2) is 23.1 Å². The number of nitrogens with one attached hydrogen (secondary N) is 1. The van der Waals surface area contributed by atoms with Crippen molar-refractivity contribution in [2.24, 2.45) is 0 Å². The van der Waals surface area contributed by atoms with Gasteiger partial charge in [0.15, 0.2) is 0 Å². The number of aromatic nitrogens is 2. The molecule has 1 aromatic carbocycles. The van der Waals surface area contributed by atoms with Crippen molar-refractivity contribution in [3.8, 4) is 5.75 Å². The summed E-state index contributed by atoms with van der Waals surface area (Å²) in [5.41, 5.74) is 1.14. The summed E-state index contributed by atoms with van der Waals surface area (Å²) in [6.45, 7) is 3.39. The zero-order chi connectivity index (χ0) is 15.6. The van der Waals surface area contributed by atoms with Crippen LogP contribution in [-0.2, 0) is 10.0 Å². The Balaban J connectivity index is 2.45. The van der Waals surface area contributed by atoms with Gasteiger partial charge < -0.3 is 4.74 Å². The average molecular weight is 328 g/mol. The maximum Gasteiger partial charge on any atom is 0.264 e. The molecule has 0 fully saturated rings. The summed E-state index contributed by atoms with van der Waals surface area (Å²) in [7, 11) is -2.28. The fourth-order valence-electron chi connectivity index (χ4n) is 2.01. The topological polar surface area (TPSA) is 81.2 Å². The van der Waals surface area contributed by atoms with Gasteiger partial charge in [-0.2, -0.15) is 0 Å². The first-order chi connectivity index (χ1) is 9.83. The molecule has 0 amide bonds. The number of hydrogen-bond acceptors (Lipinski definition) is 5. The molecular weight excluding hydrogens is 314 g/mol. The molecule has 0 aliphatic rings. The zero-order valence-electron chi connectivity index (χ0n) is 11.7. The molecule has 0 atom stereocenters. The van der Waals surface area contributed by atoms with E-state index in [1.54, 1.807) is 26.0 Å². The smallest absolute Gasteiger partial charge is 0.264 e. The van der Waals surface area contributed by atoms with E-state index in [-0.39, 0.29) is 16.0 Å². The van der Waals surface area contributed by atoms with E-state index in [0.717, 1.165) is 0 Å². The third-order valence-corrected chi connectivity index (χ3v) is 4.63. The lowest BCUT2D eigenvalue weighted by Gasteiger charge is -2.13. The van der Waals surface area contributed by atoms with Crippen LogP contribution in [0.1, 0.15) is 11.1 Å². The van der Waals surface area contributed by atoms with Gasteiger partial charge in [0, 0.05) is 6.20 Å². The van der Waals surface area contributed by atoms with Crippen LogP contribution in [0.3, 0.4) is 0 Å². The Bertz CT molecular complexity index is 755. The lowest BCUT2D eigenvalue weighted by molar-refractivity contribution is 0.413. The number of nitrogens with zero attached hydrogens (tertiary/aromatic N) is 2. The molecular formula is C13H14ClN3O3S. The molecule has 1 aromatic heterocycles. The lowest BCUT2D eigenvalue weighted by Crippen LogP contribution is -2.17. The predicted octanol–water partition coefficient (Wildman–Crippen LogP) is 2.56. The quantitative estimate of drug-likeness (QED) is 0.873. The van der Waals surface area contributed by atoms with E-state index in [1.165, 1.54) is 19.4 Å². The molecule has 1 N–H and O–H groups in total. The van der Waals surface area contributed by atoms with Gasteiger partial charge in [0.1, 0.15) is 10.9 Å². The first-order valence-corrected chi connectivity index (χ1v) is 7.86. The van der Waals surface area contributed by atoms with Gasteiger partial charge in [-0.15, -0.1) is 0 Å². The number of anilines is 1. The Morgan fingerprint density at radius 3 is 2.38 bits per heavy atom. The van der Waals surface area contributed by atoms with Gasteiger partial charge in [-0.05, 0) is 43.2 Å². The molecule has 0 aliphatic carbocycles. The minimum atomic E-state index is -3.81. The Morgan fingerprint density at radius 2 is 1.86 bits per heavy atom. The number of methoxy groups -OCH3 is 1. The largest absolute Gasteiger partial charge is 0.497 e. The minimum Gasteiger partial charge on any atom is -0.497 e. The number of halogens is 1. The summed E-state index contributed by atoms with van der Waals surface area (Å²) in [6, 6.07) is 4.77. The monoisotopic (exact) mass is 327 g/mol. The van der Waals surface area contributed by atoms with Gasteiger partial charge in [0.25, 0.3) is 10.0 Å². The van der Waals surface area contributed by atoms with Crippen molar-refractivity contribution in [1.82, 2.24) is 9.97 Å². The predicted molar refractivity (Wildman–Crippen MR) is 80.3 cm³/mol. The minimum absolute atomic E-state index is 0.0721. The third kappa shape index (κ3) is 3.43. The standard InChI is InChI=1S/C13H14ClN3O3S/c1-8-6-10(20-3)7-9(2)12(8)21(18,19)17-13-15-5-4-11(14)16-13/h4-7H,1-3H3,(H,15,16,17). The molecule has 6 nitrogen and oxygen atoms in total. The summed E-state index contributed by atoms with van der Waals surface area (Å²) in [4.78, 5) is 7.82. The summed E-state index contributed by atoms with van der Waals surface area (Å²) < 4.78 is 32.4. The van der Waals surface area contributed by atoms with E-state index in [0.29, 0.717) is 16.9 Å². The molecule has 0 unspecified atom stereocenters. The highest BCUT2D eigenvalue weighted by Gasteiger charge is 2.21. The van der Waals surface area contributed by atoms with Gasteiger partial charge in [-0.1, -0.05) is 11.6 Å². The molecule has 0 bridgehead atoms. The molecule has 0 saturated carbocycles. The molecule has 0 aliphatic heterocycles. The summed E-state index contributed by atoms with van der Waals surface area (Å²) in [5.74, 6) is 0.528. The lowest BCUT2D eigenvalue weighted by atomic mass is 10.1. The third-order valence-electron chi connectivity index (χ3n) is 2.79. The molecule has 1 heterocycles. The number of benzene rings is 1. The second-order valence-electron chi connectivity index (χ2n) is 4.40. The van der Waals surface area contributed by atoms with Crippen molar-refractivity contribution in [1.29, 1.82) is 0 Å². The first kappa shape index (κ1) is 15.5. The van der Waals surface area contributed by atoms with Crippen LogP contribution in [0.25, 0.3) is 0 Å². The highest BCUT2D eigenvalue weighted by atomic mass is 35.5. The number of ether oxygens (including phenoxy) is 1. The summed E-state index contributed by atoms with van der Waals surface area (Å²) in [6.07, 6.45) is 1.38. The molecule has 112 valence electrons. The fraction of sp³-hybridized carbons (Fsp3) is 0.231. The fourth-order valence-corrected chi connectivity index (χ4v) is 3.55. The molecule has 0 saturated heterocycles. The summed E-state index contributed by atoms with van der Waals surface area (Å²) in [5, 5.41) is 0.158. The summed E-state index contributed by atoms with van der Waals surface area (Å²) >= 11 is 5.72. The zero-order valence-corrected chi connectivity index (χ0v) is 13.3. The van der Waals surface area contributed by atoms with Crippen LogP contribution in [0.15, 0.2) is 29.3 Å². The van der Waals surface area contributed by atoms with Crippen LogP contribution >= 0.6 is 11.6 Å². The van der Waals surface area contributed by atoms with Crippen molar-refractivity contribution < 1.29 is 13.2 Å². The second-order valence-corrected chi connectivity index (χ2v) is 6.41. The van der Waals surface area contributed by atoms with Crippen LogP contribution < -0.4 is 9.46 Å². The number of hydrogen-bond donors (Lipinski definition) is 1. The molecule has 0 spiro atoms. The second kappa shape index (κ2) is 5.87. The average Bonchev–Trinajstić information content (AvgIpc) is 2.36. The Labute approximate surface area is 128 Å². The Morgan fingerprint density at radius 1 is 1.24 bits per heavy atom. The van der Waals surface area contributed by atoms with Crippen LogP contribution in [0.4, 0.5) is 5.95 Å². The number of aryl methyl sites for hydroxylation is 2. The number of sulfonamides is 1. The van der Waals surface area contributed by atoms with E-state index in [1.807, 2.05) is 0 Å². The van der Waals surface area contributed by atoms with E-state index >= 15 is 0 Å². The molecule has 8 heteroatoms. The molecule has 2 rings (SSSR count). The van der Waals surface area contributed by atoms with Crippen LogP contribution in [0.5, 0.6) is 5.75 Å². The molecule has 0 radical (unpaired) electrons. The van der Waals surface area contributed by atoms with Gasteiger partial charge in [-0.3, -0.25) is 0 Å². The SMILES string of the molecule is COc1cc(C)c(S(=O)(=O)Nc2nccc(Cl)n2)c(C)c1. The highest BCUT2D eigenvalue weighted by molar-refractivity contribution is 7.92. The normalized spacial score (nSPS) is 11.2. The Hall–Kier alpha value is -1.86. The van der Waals surface area contributed by atoms with Gasteiger partial charge >= 0.3 is 0 Å². The van der Waals surface area contributed by atoms with Gasteiger partial charge in [0.2, 0.25) is 5.95 Å². The van der Waals surface area contributed by atoms with E-state index in [9.17, 15) is 8.42 Å². The van der Waals surface area contributed by atoms with Crippen LogP contribution in [-0.4, -0.2) is 25.5 Å². The van der Waals surface area contributed by atoms with Crippen LogP contribution in [0.2, 0.25) is 5.15 Å². The number of rotatable bonds is 4. The molecule has 2 aromatic rings. The van der Waals surface area contributed by atoms with E-state index in [2.05, 4.69) is 14.7 Å². The maximum atomic E-state index is 12.5. The van der Waals surface area contributed by atoms with Crippen LogP contribution in [0, 0.1) is 13.8 Å². The van der Waals surface area contributed by atoms with Crippen molar-refractivity contribution >= 4 is 27.6 Å². The van der Waals surface area contributed by atoms with E-state index in [4.69, 9.17) is 16.3 Å². The van der Waals surface area contributed by atoms with Crippen molar-refractivity contribution in [2.75, 3.05) is 11.8 Å². The highest BCUT2D eigenvalue weighted by Crippen LogP contribution is 2.26. The van der Waals surface area contributed by atoms with Crippen molar-refractivity contribution in [3.05, 3.63) is 40.7 Å². The first-order valence-electron chi connectivity index (χ1n) is 6.00. The van der Waals surface area contributed by atoms with Crippen molar-refractivity contribution in [3.63, 3.8) is 0 Å². The Kier molecular flexibility index (Phi) is 4.34. The maximum absolute atomic E-state index is 12.5. The van der Waals surface area contributed by atoms with E-state index < -0.39 is 10.0 Å². The van der Waals surface area contributed by atoms with Crippen molar-refractivity contribution in [2.45, 2.75) is 18.7 Å².